The van der Waals surface area contributed by atoms with Crippen LogP contribution in [0.3, 0.4) is 0 Å². The molecule has 1 saturated heterocycles. The van der Waals surface area contributed by atoms with Crippen molar-refractivity contribution in [2.75, 3.05) is 13.1 Å². The van der Waals surface area contributed by atoms with Gasteiger partial charge in [-0.2, -0.15) is 0 Å². The van der Waals surface area contributed by atoms with Crippen LogP contribution in [-0.4, -0.2) is 33.4 Å². The monoisotopic (exact) mass is 345 g/mol. The standard InChI is InChI=1S/C22H23N3O/c1-24-16-23-14-21(24)18-9-11-19(12-10-18)22(26)25-13-5-8-20(15-25)17-6-3-2-4-7-17/h2-4,6-7,9-12,14,16,20H,5,8,13,15H2,1H3/t20-/m1/s1. The Balaban J connectivity index is 1.49. The van der Waals surface area contributed by atoms with Crippen molar-refractivity contribution in [2.24, 2.45) is 7.05 Å². The molecule has 1 aliphatic heterocycles. The normalized spacial score (nSPS) is 17.3. The van der Waals surface area contributed by atoms with Gasteiger partial charge in [0.25, 0.3) is 5.91 Å². The van der Waals surface area contributed by atoms with Crippen molar-refractivity contribution >= 4 is 5.91 Å². The number of carbonyl (C=O) groups excluding carboxylic acids is 1. The summed E-state index contributed by atoms with van der Waals surface area (Å²) >= 11 is 0. The molecule has 26 heavy (non-hydrogen) atoms. The summed E-state index contributed by atoms with van der Waals surface area (Å²) in [7, 11) is 1.97. The van der Waals surface area contributed by atoms with E-state index in [-0.39, 0.29) is 5.91 Å². The van der Waals surface area contributed by atoms with E-state index in [0.717, 1.165) is 42.8 Å². The van der Waals surface area contributed by atoms with Crippen molar-refractivity contribution in [3.8, 4) is 11.3 Å². The zero-order valence-corrected chi connectivity index (χ0v) is 15.0. The summed E-state index contributed by atoms with van der Waals surface area (Å²) in [4.78, 5) is 19.1. The molecule has 0 aliphatic carbocycles. The van der Waals surface area contributed by atoms with Gasteiger partial charge in [0, 0.05) is 31.6 Å². The highest BCUT2D eigenvalue weighted by atomic mass is 16.2. The number of aryl methyl sites for hydroxylation is 1. The number of nitrogens with zero attached hydrogens (tertiary/aromatic N) is 3. The van der Waals surface area contributed by atoms with E-state index >= 15 is 0 Å². The fraction of sp³-hybridized carbons (Fsp3) is 0.273. The molecule has 2 aromatic carbocycles. The zero-order valence-electron chi connectivity index (χ0n) is 15.0. The third-order valence-electron chi connectivity index (χ3n) is 5.22. The lowest BCUT2D eigenvalue weighted by atomic mass is 9.90. The third-order valence-corrected chi connectivity index (χ3v) is 5.22. The molecule has 1 amide bonds. The molecule has 2 heterocycles. The largest absolute Gasteiger partial charge is 0.338 e. The first-order valence-corrected chi connectivity index (χ1v) is 9.13. The molecular formula is C22H23N3O. The molecule has 3 aromatic rings. The molecule has 4 heteroatoms. The van der Waals surface area contributed by atoms with Gasteiger partial charge < -0.3 is 9.47 Å². The van der Waals surface area contributed by atoms with Gasteiger partial charge in [-0.15, -0.1) is 0 Å². The molecule has 0 bridgehead atoms. The van der Waals surface area contributed by atoms with E-state index in [1.54, 1.807) is 6.33 Å². The lowest BCUT2D eigenvalue weighted by Gasteiger charge is -2.33. The number of hydrogen-bond acceptors (Lipinski definition) is 2. The van der Waals surface area contributed by atoms with Crippen LogP contribution in [0.25, 0.3) is 11.3 Å². The van der Waals surface area contributed by atoms with Crippen LogP contribution in [0.5, 0.6) is 0 Å². The Labute approximate surface area is 154 Å². The second kappa shape index (κ2) is 7.16. The quantitative estimate of drug-likeness (QED) is 0.716. The third kappa shape index (κ3) is 3.27. The first-order chi connectivity index (χ1) is 12.7. The number of hydrogen-bond donors (Lipinski definition) is 0. The molecule has 4 nitrogen and oxygen atoms in total. The molecule has 0 N–H and O–H groups in total. The fourth-order valence-corrected chi connectivity index (χ4v) is 3.76. The summed E-state index contributed by atoms with van der Waals surface area (Å²) in [6, 6.07) is 18.4. The number of amides is 1. The first-order valence-electron chi connectivity index (χ1n) is 9.13. The summed E-state index contributed by atoms with van der Waals surface area (Å²) in [5, 5.41) is 0. The molecule has 0 saturated carbocycles. The van der Waals surface area contributed by atoms with Crippen molar-refractivity contribution in [1.29, 1.82) is 0 Å². The molecule has 1 fully saturated rings. The molecular weight excluding hydrogens is 322 g/mol. The van der Waals surface area contributed by atoms with Crippen molar-refractivity contribution < 1.29 is 4.79 Å². The van der Waals surface area contributed by atoms with Crippen molar-refractivity contribution in [2.45, 2.75) is 18.8 Å². The van der Waals surface area contributed by atoms with E-state index in [0.29, 0.717) is 5.92 Å². The maximum atomic E-state index is 12.9. The minimum atomic E-state index is 0.127. The van der Waals surface area contributed by atoms with Crippen LogP contribution in [0, 0.1) is 0 Å². The lowest BCUT2D eigenvalue weighted by Crippen LogP contribution is -2.39. The van der Waals surface area contributed by atoms with Gasteiger partial charge in [-0.3, -0.25) is 4.79 Å². The van der Waals surface area contributed by atoms with E-state index in [1.807, 2.05) is 53.0 Å². The highest BCUT2D eigenvalue weighted by Crippen LogP contribution is 2.28. The van der Waals surface area contributed by atoms with Gasteiger partial charge >= 0.3 is 0 Å². The van der Waals surface area contributed by atoms with Crippen LogP contribution >= 0.6 is 0 Å². The van der Waals surface area contributed by atoms with Crippen molar-refractivity contribution in [3.63, 3.8) is 0 Å². The molecule has 4 rings (SSSR count). The SMILES string of the molecule is Cn1cncc1-c1ccc(C(=O)N2CCC[C@@H](c3ccccc3)C2)cc1. The van der Waals surface area contributed by atoms with Gasteiger partial charge in [-0.1, -0.05) is 42.5 Å². The maximum Gasteiger partial charge on any atom is 0.253 e. The minimum absolute atomic E-state index is 0.127. The lowest BCUT2D eigenvalue weighted by molar-refractivity contribution is 0.0707. The summed E-state index contributed by atoms with van der Waals surface area (Å²) < 4.78 is 1.98. The molecule has 0 unspecified atom stereocenters. The van der Waals surface area contributed by atoms with E-state index < -0.39 is 0 Å². The Hall–Kier alpha value is -2.88. The number of imidazole rings is 1. The molecule has 0 spiro atoms. The molecule has 1 aliphatic rings. The molecule has 0 radical (unpaired) electrons. The van der Waals surface area contributed by atoms with Gasteiger partial charge in [0.2, 0.25) is 0 Å². The van der Waals surface area contributed by atoms with Crippen LogP contribution in [0.15, 0.2) is 67.1 Å². The zero-order chi connectivity index (χ0) is 17.9. The number of rotatable bonds is 3. The molecule has 1 atom stereocenters. The van der Waals surface area contributed by atoms with Crippen LogP contribution in [0.2, 0.25) is 0 Å². The Morgan fingerprint density at radius 2 is 1.85 bits per heavy atom. The average Bonchev–Trinajstić information content (AvgIpc) is 3.14. The Morgan fingerprint density at radius 3 is 2.54 bits per heavy atom. The Bertz CT molecular complexity index is 883. The van der Waals surface area contributed by atoms with Crippen LogP contribution in [0.1, 0.15) is 34.7 Å². The molecule has 1 aromatic heterocycles. The van der Waals surface area contributed by atoms with E-state index in [1.165, 1.54) is 5.56 Å². The second-order valence-corrected chi connectivity index (χ2v) is 6.97. The van der Waals surface area contributed by atoms with Gasteiger partial charge in [0.1, 0.15) is 0 Å². The van der Waals surface area contributed by atoms with E-state index in [2.05, 4.69) is 29.2 Å². The second-order valence-electron chi connectivity index (χ2n) is 6.97. The van der Waals surface area contributed by atoms with Gasteiger partial charge in [-0.05, 0) is 36.1 Å². The topological polar surface area (TPSA) is 38.1 Å². The highest BCUT2D eigenvalue weighted by Gasteiger charge is 2.25. The minimum Gasteiger partial charge on any atom is -0.338 e. The van der Waals surface area contributed by atoms with Gasteiger partial charge in [-0.25, -0.2) is 4.98 Å². The van der Waals surface area contributed by atoms with Crippen LogP contribution < -0.4 is 0 Å². The Kier molecular flexibility index (Phi) is 4.57. The van der Waals surface area contributed by atoms with Crippen LogP contribution in [0.4, 0.5) is 0 Å². The van der Waals surface area contributed by atoms with Gasteiger partial charge in [0.15, 0.2) is 0 Å². The Morgan fingerprint density at radius 1 is 1.08 bits per heavy atom. The molecule has 132 valence electrons. The smallest absolute Gasteiger partial charge is 0.253 e. The number of benzene rings is 2. The fourth-order valence-electron chi connectivity index (χ4n) is 3.76. The summed E-state index contributed by atoms with van der Waals surface area (Å²) in [5.41, 5.74) is 4.20. The van der Waals surface area contributed by atoms with E-state index in [4.69, 9.17) is 0 Å². The summed E-state index contributed by atoms with van der Waals surface area (Å²) in [6.45, 7) is 1.64. The predicted molar refractivity (Wildman–Crippen MR) is 103 cm³/mol. The number of piperidine rings is 1. The number of aromatic nitrogens is 2. The number of likely N-dealkylation sites (tertiary alicyclic amines) is 1. The maximum absolute atomic E-state index is 12.9. The summed E-state index contributed by atoms with van der Waals surface area (Å²) in [6.07, 6.45) is 5.82. The van der Waals surface area contributed by atoms with Crippen LogP contribution in [-0.2, 0) is 7.05 Å². The average molecular weight is 345 g/mol. The predicted octanol–water partition coefficient (Wildman–Crippen LogP) is 4.11. The van der Waals surface area contributed by atoms with Crippen molar-refractivity contribution in [3.05, 3.63) is 78.2 Å². The number of carbonyl (C=O) groups is 1. The highest BCUT2D eigenvalue weighted by molar-refractivity contribution is 5.94. The first kappa shape index (κ1) is 16.6. The summed E-state index contributed by atoms with van der Waals surface area (Å²) in [5.74, 6) is 0.560. The van der Waals surface area contributed by atoms with Gasteiger partial charge in [0.05, 0.1) is 18.2 Å². The van der Waals surface area contributed by atoms with E-state index in [9.17, 15) is 4.79 Å². The van der Waals surface area contributed by atoms with Crippen molar-refractivity contribution in [1.82, 2.24) is 14.5 Å².